The van der Waals surface area contributed by atoms with Crippen LogP contribution in [-0.2, 0) is 9.59 Å². The van der Waals surface area contributed by atoms with E-state index in [0.29, 0.717) is 10.8 Å². The van der Waals surface area contributed by atoms with Gasteiger partial charge >= 0.3 is 0 Å². The fourth-order valence-corrected chi connectivity index (χ4v) is 2.86. The molecule has 0 spiro atoms. The lowest BCUT2D eigenvalue weighted by molar-refractivity contribution is -0.932. The summed E-state index contributed by atoms with van der Waals surface area (Å²) in [7, 11) is 0. The zero-order valence-electron chi connectivity index (χ0n) is 11.8. The molecule has 1 rings (SSSR count). The van der Waals surface area contributed by atoms with Crippen molar-refractivity contribution >= 4 is 34.4 Å². The van der Waals surface area contributed by atoms with Gasteiger partial charge in [-0.25, -0.2) is 0 Å². The van der Waals surface area contributed by atoms with E-state index >= 15 is 0 Å². The maximum Gasteiger partial charge on any atom is 0.239 e. The summed E-state index contributed by atoms with van der Waals surface area (Å²) in [5, 5.41) is 17.8. The summed E-state index contributed by atoms with van der Waals surface area (Å²) in [4.78, 5) is 22.9. The number of rotatable bonds is 4. The van der Waals surface area contributed by atoms with E-state index in [1.807, 2.05) is 50.3 Å². The minimum atomic E-state index is -0.563. The first-order valence-corrected chi connectivity index (χ1v) is 7.81. The normalized spacial score (nSPS) is 27.9. The molecule has 0 aromatic rings. The van der Waals surface area contributed by atoms with Gasteiger partial charge in [0.25, 0.3) is 0 Å². The number of hydroxylamine groups is 2. The third kappa shape index (κ3) is 3.79. The summed E-state index contributed by atoms with van der Waals surface area (Å²) < 4.78 is 0.325. The van der Waals surface area contributed by atoms with E-state index in [1.54, 1.807) is 0 Å². The number of carbonyl (C=O) groups excluding carboxylic acids is 2. The van der Waals surface area contributed by atoms with Gasteiger partial charge in [0.2, 0.25) is 11.8 Å². The third-order valence-electron chi connectivity index (χ3n) is 3.69. The van der Waals surface area contributed by atoms with E-state index in [-0.39, 0.29) is 29.5 Å². The first-order chi connectivity index (χ1) is 8.61. The van der Waals surface area contributed by atoms with Gasteiger partial charge < -0.3 is 20.9 Å². The standard InChI is InChI=1S/C12H22IN3O3/c1-11(2)5-8(12(3,4)16(11)19)15-10(18)7-14-9(17)6-13/h8,16H,5-7H2,1-4H3,(H,14,17)(H,15,18). The van der Waals surface area contributed by atoms with Gasteiger partial charge in [-0.1, -0.05) is 22.6 Å². The molecule has 0 aromatic carbocycles. The number of hydrogen-bond donors (Lipinski definition) is 3. The summed E-state index contributed by atoms with van der Waals surface area (Å²) in [5.41, 5.74) is -0.973. The highest BCUT2D eigenvalue weighted by Crippen LogP contribution is 2.24. The van der Waals surface area contributed by atoms with Crippen LogP contribution in [0.2, 0.25) is 0 Å². The van der Waals surface area contributed by atoms with Crippen molar-refractivity contribution in [2.45, 2.75) is 51.2 Å². The molecule has 0 saturated carbocycles. The van der Waals surface area contributed by atoms with Crippen LogP contribution in [0.15, 0.2) is 0 Å². The van der Waals surface area contributed by atoms with Crippen molar-refractivity contribution in [1.29, 1.82) is 0 Å². The Kier molecular flexibility index (Phi) is 5.19. The Balaban J connectivity index is 2.58. The van der Waals surface area contributed by atoms with Crippen LogP contribution in [0.5, 0.6) is 0 Å². The second kappa shape index (κ2) is 5.92. The average Bonchev–Trinajstić information content (AvgIpc) is 2.47. The molecule has 19 heavy (non-hydrogen) atoms. The summed E-state index contributed by atoms with van der Waals surface area (Å²) >= 11 is 1.93. The molecule has 1 saturated heterocycles. The fourth-order valence-electron chi connectivity index (χ4n) is 2.59. The van der Waals surface area contributed by atoms with Crippen molar-refractivity contribution in [2.24, 2.45) is 0 Å². The van der Waals surface area contributed by atoms with E-state index in [9.17, 15) is 14.8 Å². The highest BCUT2D eigenvalue weighted by molar-refractivity contribution is 14.1. The van der Waals surface area contributed by atoms with Crippen molar-refractivity contribution in [1.82, 2.24) is 10.6 Å². The molecule has 0 radical (unpaired) electrons. The number of carbonyl (C=O) groups is 2. The van der Waals surface area contributed by atoms with Crippen molar-refractivity contribution in [3.05, 3.63) is 5.21 Å². The molecule has 1 fully saturated rings. The maximum atomic E-state index is 12.2. The summed E-state index contributed by atoms with van der Waals surface area (Å²) in [5.74, 6) is -0.417. The molecule has 0 aliphatic carbocycles. The third-order valence-corrected chi connectivity index (χ3v) is 4.38. The molecule has 0 bridgehead atoms. The van der Waals surface area contributed by atoms with Crippen molar-refractivity contribution in [2.75, 3.05) is 11.0 Å². The number of halogens is 1. The molecule has 2 unspecified atom stereocenters. The maximum absolute atomic E-state index is 12.2. The minimum Gasteiger partial charge on any atom is -0.633 e. The van der Waals surface area contributed by atoms with Gasteiger partial charge in [0.1, 0.15) is 5.54 Å². The topological polar surface area (TPSA) is 85.7 Å². The second-order valence-electron chi connectivity index (χ2n) is 6.17. The molecule has 7 heteroatoms. The Hall–Kier alpha value is -0.410. The zero-order chi connectivity index (χ0) is 14.8. The molecule has 2 atom stereocenters. The molecule has 1 aliphatic rings. The average molecular weight is 383 g/mol. The molecule has 110 valence electrons. The van der Waals surface area contributed by atoms with E-state index in [1.165, 1.54) is 0 Å². The largest absolute Gasteiger partial charge is 0.633 e. The van der Waals surface area contributed by atoms with Crippen LogP contribution in [-0.4, -0.2) is 39.9 Å². The van der Waals surface area contributed by atoms with Crippen LogP contribution < -0.4 is 15.7 Å². The highest BCUT2D eigenvalue weighted by atomic mass is 127. The van der Waals surface area contributed by atoms with Gasteiger partial charge in [-0.2, -0.15) is 0 Å². The molecule has 0 aromatic heterocycles. The number of nitrogens with one attached hydrogen (secondary N) is 3. The van der Waals surface area contributed by atoms with Gasteiger partial charge in [0, 0.05) is 6.42 Å². The van der Waals surface area contributed by atoms with E-state index in [0.717, 1.165) is 0 Å². The summed E-state index contributed by atoms with van der Waals surface area (Å²) in [6, 6.07) is -0.181. The van der Waals surface area contributed by atoms with Crippen LogP contribution in [0.4, 0.5) is 0 Å². The van der Waals surface area contributed by atoms with Gasteiger partial charge in [0.15, 0.2) is 0 Å². The van der Waals surface area contributed by atoms with Crippen LogP contribution in [0.25, 0.3) is 0 Å². The Bertz CT molecular complexity index is 371. The number of alkyl halides is 1. The first kappa shape index (κ1) is 16.6. The van der Waals surface area contributed by atoms with Gasteiger partial charge in [-0.3, -0.25) is 9.59 Å². The molecule has 2 amide bonds. The van der Waals surface area contributed by atoms with Crippen molar-refractivity contribution in [3.8, 4) is 0 Å². The monoisotopic (exact) mass is 383 g/mol. The minimum absolute atomic E-state index is 0.0387. The number of hydrogen-bond acceptors (Lipinski definition) is 3. The predicted octanol–water partition coefficient (Wildman–Crippen LogP) is -0.634. The SMILES string of the molecule is CC1(C)CC(NC(=O)CNC(=O)CI)C(C)(C)[NH+]1[O-]. The number of amides is 2. The predicted molar refractivity (Wildman–Crippen MR) is 80.9 cm³/mol. The lowest BCUT2D eigenvalue weighted by Crippen LogP contribution is -3.20. The van der Waals surface area contributed by atoms with Crippen LogP contribution in [0, 0.1) is 5.21 Å². The van der Waals surface area contributed by atoms with E-state index in [4.69, 9.17) is 0 Å². The lowest BCUT2D eigenvalue weighted by Gasteiger charge is -2.41. The lowest BCUT2D eigenvalue weighted by atomic mass is 9.94. The van der Waals surface area contributed by atoms with Crippen LogP contribution in [0.1, 0.15) is 34.1 Å². The van der Waals surface area contributed by atoms with Crippen molar-refractivity contribution < 1.29 is 14.7 Å². The van der Waals surface area contributed by atoms with Gasteiger partial charge in [0.05, 0.1) is 22.6 Å². The first-order valence-electron chi connectivity index (χ1n) is 6.28. The summed E-state index contributed by atoms with van der Waals surface area (Å²) in [6.07, 6.45) is 0.630. The fraction of sp³-hybridized carbons (Fsp3) is 0.833. The number of quaternary nitrogens is 1. The van der Waals surface area contributed by atoms with E-state index in [2.05, 4.69) is 10.6 Å². The summed E-state index contributed by atoms with van der Waals surface area (Å²) in [6.45, 7) is 7.49. The Morgan fingerprint density at radius 1 is 1.32 bits per heavy atom. The smallest absolute Gasteiger partial charge is 0.239 e. The van der Waals surface area contributed by atoms with Gasteiger partial charge in [-0.05, 0) is 27.7 Å². The highest BCUT2D eigenvalue weighted by Gasteiger charge is 2.52. The van der Waals surface area contributed by atoms with Crippen molar-refractivity contribution in [3.63, 3.8) is 0 Å². The Labute approximate surface area is 127 Å². The van der Waals surface area contributed by atoms with E-state index < -0.39 is 11.1 Å². The molecule has 1 heterocycles. The second-order valence-corrected chi connectivity index (χ2v) is 6.93. The quantitative estimate of drug-likeness (QED) is 0.343. The molecule has 6 nitrogen and oxygen atoms in total. The Morgan fingerprint density at radius 2 is 1.89 bits per heavy atom. The molecular weight excluding hydrogens is 361 g/mol. The van der Waals surface area contributed by atoms with Crippen LogP contribution >= 0.6 is 22.6 Å². The molecular formula is C12H22IN3O3. The van der Waals surface area contributed by atoms with Gasteiger partial charge in [-0.15, -0.1) is 0 Å². The molecule has 3 N–H and O–H groups in total. The zero-order valence-corrected chi connectivity index (χ0v) is 14.0. The van der Waals surface area contributed by atoms with Crippen LogP contribution in [0.3, 0.4) is 0 Å². The Morgan fingerprint density at radius 3 is 2.32 bits per heavy atom. The molecule has 1 aliphatic heterocycles.